The van der Waals surface area contributed by atoms with Crippen LogP contribution >= 0.6 is 23.2 Å². The van der Waals surface area contributed by atoms with Crippen LogP contribution in [0.1, 0.15) is 47.7 Å². The summed E-state index contributed by atoms with van der Waals surface area (Å²) in [5.41, 5.74) is 1.17. The Kier molecular flexibility index (Phi) is 5.57. The zero-order valence-corrected chi connectivity index (χ0v) is 15.7. The molecule has 2 heterocycles. The standard InChI is InChI=1S/C18H20Cl2N4O/c1-11(2)17-22-9-14(20)16(23-17)18(25)24-8-7-21-10-15(24)12-5-3-4-6-13(12)19/h3-6,9,11,15,21H,7-8,10H2,1-2H3. The van der Waals surface area contributed by atoms with Gasteiger partial charge in [0.1, 0.15) is 5.82 Å². The largest absolute Gasteiger partial charge is 0.328 e. The zero-order valence-electron chi connectivity index (χ0n) is 14.2. The van der Waals surface area contributed by atoms with Crippen molar-refractivity contribution in [2.75, 3.05) is 19.6 Å². The second-order valence-corrected chi connectivity index (χ2v) is 7.13. The topological polar surface area (TPSA) is 58.1 Å². The summed E-state index contributed by atoms with van der Waals surface area (Å²) in [6.07, 6.45) is 1.50. The van der Waals surface area contributed by atoms with Crippen molar-refractivity contribution in [3.63, 3.8) is 0 Å². The Morgan fingerprint density at radius 3 is 2.76 bits per heavy atom. The summed E-state index contributed by atoms with van der Waals surface area (Å²) in [6.45, 7) is 5.87. The maximum atomic E-state index is 13.2. The van der Waals surface area contributed by atoms with E-state index in [9.17, 15) is 4.79 Å². The fourth-order valence-corrected chi connectivity index (χ4v) is 3.35. The van der Waals surface area contributed by atoms with E-state index in [1.165, 1.54) is 6.20 Å². The monoisotopic (exact) mass is 378 g/mol. The average Bonchev–Trinajstić information content (AvgIpc) is 2.62. The zero-order chi connectivity index (χ0) is 18.0. The van der Waals surface area contributed by atoms with E-state index in [0.29, 0.717) is 30.5 Å². The third-order valence-electron chi connectivity index (χ3n) is 4.25. The molecule has 25 heavy (non-hydrogen) atoms. The van der Waals surface area contributed by atoms with E-state index in [2.05, 4.69) is 15.3 Å². The van der Waals surface area contributed by atoms with Crippen LogP contribution in [0.5, 0.6) is 0 Å². The molecule has 3 rings (SSSR count). The Morgan fingerprint density at radius 1 is 1.28 bits per heavy atom. The van der Waals surface area contributed by atoms with Crippen LogP contribution in [-0.4, -0.2) is 40.4 Å². The Labute approximate surface area is 157 Å². The molecular weight excluding hydrogens is 359 g/mol. The minimum absolute atomic E-state index is 0.117. The van der Waals surface area contributed by atoms with E-state index in [-0.39, 0.29) is 28.6 Å². The highest BCUT2D eigenvalue weighted by atomic mass is 35.5. The summed E-state index contributed by atoms with van der Waals surface area (Å²) < 4.78 is 0. The average molecular weight is 379 g/mol. The minimum atomic E-state index is -0.194. The van der Waals surface area contributed by atoms with Gasteiger partial charge in [-0.05, 0) is 11.6 Å². The predicted octanol–water partition coefficient (Wildman–Crippen LogP) is 3.69. The van der Waals surface area contributed by atoms with Gasteiger partial charge in [-0.15, -0.1) is 0 Å². The molecule has 5 nitrogen and oxygen atoms in total. The number of nitrogens with one attached hydrogen (secondary N) is 1. The summed E-state index contributed by atoms with van der Waals surface area (Å²) in [6, 6.07) is 7.42. The number of nitrogens with zero attached hydrogens (tertiary/aromatic N) is 3. The fraction of sp³-hybridized carbons (Fsp3) is 0.389. The maximum absolute atomic E-state index is 13.2. The quantitative estimate of drug-likeness (QED) is 0.884. The first-order chi connectivity index (χ1) is 12.0. The van der Waals surface area contributed by atoms with Crippen LogP contribution in [0.4, 0.5) is 0 Å². The first-order valence-electron chi connectivity index (χ1n) is 8.27. The number of carbonyl (C=O) groups excluding carboxylic acids is 1. The lowest BCUT2D eigenvalue weighted by Crippen LogP contribution is -2.49. The van der Waals surface area contributed by atoms with Gasteiger partial charge in [0.25, 0.3) is 5.91 Å². The molecule has 132 valence electrons. The van der Waals surface area contributed by atoms with Gasteiger partial charge < -0.3 is 10.2 Å². The van der Waals surface area contributed by atoms with Crippen molar-refractivity contribution in [2.45, 2.75) is 25.8 Å². The van der Waals surface area contributed by atoms with Gasteiger partial charge in [0.05, 0.1) is 17.3 Å². The van der Waals surface area contributed by atoms with Gasteiger partial charge in [0.2, 0.25) is 0 Å². The fourth-order valence-electron chi connectivity index (χ4n) is 2.92. The number of piperazine rings is 1. The second-order valence-electron chi connectivity index (χ2n) is 6.32. The minimum Gasteiger partial charge on any atom is -0.328 e. The first kappa shape index (κ1) is 18.1. The number of rotatable bonds is 3. The van der Waals surface area contributed by atoms with Gasteiger partial charge in [0.15, 0.2) is 5.69 Å². The Hall–Kier alpha value is -1.69. The van der Waals surface area contributed by atoms with E-state index in [4.69, 9.17) is 23.2 Å². The molecule has 0 saturated carbocycles. The van der Waals surface area contributed by atoms with Gasteiger partial charge in [-0.25, -0.2) is 9.97 Å². The van der Waals surface area contributed by atoms with E-state index in [0.717, 1.165) is 5.56 Å². The molecule has 0 radical (unpaired) electrons. The Bertz CT molecular complexity index is 781. The molecule has 1 amide bonds. The molecule has 1 aliphatic heterocycles. The summed E-state index contributed by atoms with van der Waals surface area (Å²) in [5, 5.41) is 4.24. The third-order valence-corrected chi connectivity index (χ3v) is 4.87. The third kappa shape index (κ3) is 3.78. The summed E-state index contributed by atoms with van der Waals surface area (Å²) >= 11 is 12.6. The highest BCUT2D eigenvalue weighted by Crippen LogP contribution is 2.30. The number of halogens is 2. The number of carbonyl (C=O) groups is 1. The molecule has 1 aromatic carbocycles. The Morgan fingerprint density at radius 2 is 2.04 bits per heavy atom. The molecule has 1 unspecified atom stereocenters. The van der Waals surface area contributed by atoms with Crippen LogP contribution < -0.4 is 5.32 Å². The van der Waals surface area contributed by atoms with Gasteiger partial charge in [-0.1, -0.05) is 55.2 Å². The van der Waals surface area contributed by atoms with Gasteiger partial charge in [0, 0.05) is 30.6 Å². The lowest BCUT2D eigenvalue weighted by Gasteiger charge is -2.36. The molecular formula is C18H20Cl2N4O. The molecule has 1 N–H and O–H groups in total. The van der Waals surface area contributed by atoms with E-state index < -0.39 is 0 Å². The SMILES string of the molecule is CC(C)c1ncc(Cl)c(C(=O)N2CCNCC2c2ccccc2Cl)n1. The van der Waals surface area contributed by atoms with Crippen LogP contribution in [0, 0.1) is 0 Å². The highest BCUT2D eigenvalue weighted by molar-refractivity contribution is 6.33. The van der Waals surface area contributed by atoms with Crippen molar-refractivity contribution in [2.24, 2.45) is 0 Å². The maximum Gasteiger partial charge on any atom is 0.274 e. The Balaban J connectivity index is 1.97. The molecule has 2 aromatic rings. The molecule has 0 spiro atoms. The number of benzene rings is 1. The molecule has 1 aliphatic rings. The van der Waals surface area contributed by atoms with Crippen molar-refractivity contribution in [1.82, 2.24) is 20.2 Å². The van der Waals surface area contributed by atoms with Gasteiger partial charge in [-0.3, -0.25) is 4.79 Å². The normalized spacial score (nSPS) is 17.8. The van der Waals surface area contributed by atoms with Crippen LogP contribution in [0.3, 0.4) is 0 Å². The second kappa shape index (κ2) is 7.68. The molecule has 0 aliphatic carbocycles. The van der Waals surface area contributed by atoms with Crippen LogP contribution in [-0.2, 0) is 0 Å². The van der Waals surface area contributed by atoms with Crippen LogP contribution in [0.2, 0.25) is 10.0 Å². The van der Waals surface area contributed by atoms with E-state index >= 15 is 0 Å². The molecule has 0 bridgehead atoms. The van der Waals surface area contributed by atoms with E-state index in [1.54, 1.807) is 4.90 Å². The molecule has 1 saturated heterocycles. The summed E-state index contributed by atoms with van der Waals surface area (Å²) in [5.74, 6) is 0.532. The summed E-state index contributed by atoms with van der Waals surface area (Å²) in [7, 11) is 0. The molecule has 7 heteroatoms. The number of hydrogen-bond acceptors (Lipinski definition) is 4. The van der Waals surface area contributed by atoms with Crippen molar-refractivity contribution >= 4 is 29.1 Å². The van der Waals surface area contributed by atoms with Crippen LogP contribution in [0.15, 0.2) is 30.5 Å². The van der Waals surface area contributed by atoms with Crippen molar-refractivity contribution in [3.8, 4) is 0 Å². The smallest absolute Gasteiger partial charge is 0.274 e. The van der Waals surface area contributed by atoms with Crippen molar-refractivity contribution < 1.29 is 4.79 Å². The predicted molar refractivity (Wildman–Crippen MR) is 99.2 cm³/mol. The van der Waals surface area contributed by atoms with Crippen molar-refractivity contribution in [1.29, 1.82) is 0 Å². The molecule has 1 atom stereocenters. The van der Waals surface area contributed by atoms with Gasteiger partial charge >= 0.3 is 0 Å². The number of hydrogen-bond donors (Lipinski definition) is 1. The van der Waals surface area contributed by atoms with Gasteiger partial charge in [-0.2, -0.15) is 0 Å². The molecule has 1 aromatic heterocycles. The van der Waals surface area contributed by atoms with E-state index in [1.807, 2.05) is 38.1 Å². The van der Waals surface area contributed by atoms with Crippen LogP contribution in [0.25, 0.3) is 0 Å². The summed E-state index contributed by atoms with van der Waals surface area (Å²) in [4.78, 5) is 23.6. The lowest BCUT2D eigenvalue weighted by atomic mass is 10.0. The lowest BCUT2D eigenvalue weighted by molar-refractivity contribution is 0.0628. The van der Waals surface area contributed by atoms with Crippen molar-refractivity contribution in [3.05, 3.63) is 57.6 Å². The number of aromatic nitrogens is 2. The highest BCUT2D eigenvalue weighted by Gasteiger charge is 2.31. The molecule has 1 fully saturated rings. The first-order valence-corrected chi connectivity index (χ1v) is 9.03. The number of amides is 1.